The van der Waals surface area contributed by atoms with Crippen molar-refractivity contribution < 1.29 is 14.5 Å². The number of nitro benzene ring substituents is 1. The number of nitro groups is 1. The van der Waals surface area contributed by atoms with E-state index in [1.165, 1.54) is 37.4 Å². The maximum absolute atomic E-state index is 12.1. The van der Waals surface area contributed by atoms with E-state index in [2.05, 4.69) is 5.32 Å². The van der Waals surface area contributed by atoms with Crippen LogP contribution in [-0.2, 0) is 0 Å². The van der Waals surface area contributed by atoms with Gasteiger partial charge in [0.2, 0.25) is 0 Å². The van der Waals surface area contributed by atoms with Crippen LogP contribution in [0.15, 0.2) is 42.5 Å². The maximum atomic E-state index is 12.1. The van der Waals surface area contributed by atoms with Gasteiger partial charge in [0.25, 0.3) is 11.6 Å². The Balaban J connectivity index is 2.26. The van der Waals surface area contributed by atoms with Gasteiger partial charge in [-0.25, -0.2) is 0 Å². The van der Waals surface area contributed by atoms with Gasteiger partial charge in [-0.1, -0.05) is 23.7 Å². The first-order chi connectivity index (χ1) is 10.0. The molecule has 0 fully saturated rings. The van der Waals surface area contributed by atoms with Gasteiger partial charge < -0.3 is 10.1 Å². The molecule has 0 radical (unpaired) electrons. The van der Waals surface area contributed by atoms with Crippen LogP contribution in [0.1, 0.15) is 10.4 Å². The second-order valence-corrected chi connectivity index (χ2v) is 4.48. The number of amides is 1. The van der Waals surface area contributed by atoms with E-state index in [1.807, 2.05) is 0 Å². The molecule has 1 amide bonds. The summed E-state index contributed by atoms with van der Waals surface area (Å²) in [6.07, 6.45) is 0. The third-order valence-corrected chi connectivity index (χ3v) is 3.06. The molecule has 0 heterocycles. The van der Waals surface area contributed by atoms with Crippen molar-refractivity contribution in [3.05, 3.63) is 63.2 Å². The van der Waals surface area contributed by atoms with Crippen LogP contribution in [-0.4, -0.2) is 17.9 Å². The summed E-state index contributed by atoms with van der Waals surface area (Å²) in [5.41, 5.74) is 0.226. The van der Waals surface area contributed by atoms with Gasteiger partial charge in [-0.3, -0.25) is 14.9 Å². The Kier molecular flexibility index (Phi) is 4.39. The Bertz CT molecular complexity index is 703. The highest BCUT2D eigenvalue weighted by Crippen LogP contribution is 2.27. The van der Waals surface area contributed by atoms with Crippen molar-refractivity contribution in [3.8, 4) is 5.75 Å². The van der Waals surface area contributed by atoms with Crippen molar-refractivity contribution in [2.45, 2.75) is 0 Å². The highest BCUT2D eigenvalue weighted by molar-refractivity contribution is 6.32. The van der Waals surface area contributed by atoms with Crippen molar-refractivity contribution >= 4 is 28.9 Å². The third kappa shape index (κ3) is 3.29. The van der Waals surface area contributed by atoms with Crippen LogP contribution in [0, 0.1) is 10.1 Å². The first kappa shape index (κ1) is 14.8. The SMILES string of the molecule is COc1ccc(C(=O)Nc2ccccc2[N+](=O)[O-])cc1Cl. The average Bonchev–Trinajstić information content (AvgIpc) is 2.47. The lowest BCUT2D eigenvalue weighted by Crippen LogP contribution is -2.13. The van der Waals surface area contributed by atoms with E-state index < -0.39 is 10.8 Å². The normalized spacial score (nSPS) is 10.0. The average molecular weight is 307 g/mol. The number of rotatable bonds is 4. The molecule has 1 N–H and O–H groups in total. The lowest BCUT2D eigenvalue weighted by atomic mass is 10.2. The molecular formula is C14H11ClN2O4. The topological polar surface area (TPSA) is 81.5 Å². The van der Waals surface area contributed by atoms with Crippen molar-refractivity contribution in [2.75, 3.05) is 12.4 Å². The van der Waals surface area contributed by atoms with Crippen LogP contribution in [0.3, 0.4) is 0 Å². The summed E-state index contributed by atoms with van der Waals surface area (Å²) in [5.74, 6) is -0.0484. The number of nitrogens with zero attached hydrogens (tertiary/aromatic N) is 1. The smallest absolute Gasteiger partial charge is 0.292 e. The number of hydrogen-bond acceptors (Lipinski definition) is 4. The number of halogens is 1. The molecule has 0 aliphatic heterocycles. The molecule has 0 saturated carbocycles. The van der Waals surface area contributed by atoms with E-state index in [0.29, 0.717) is 5.75 Å². The molecule has 7 heteroatoms. The summed E-state index contributed by atoms with van der Waals surface area (Å²) in [6.45, 7) is 0. The zero-order valence-corrected chi connectivity index (χ0v) is 11.8. The second kappa shape index (κ2) is 6.23. The number of methoxy groups -OCH3 is 1. The van der Waals surface area contributed by atoms with Crippen LogP contribution in [0.25, 0.3) is 0 Å². The predicted octanol–water partition coefficient (Wildman–Crippen LogP) is 3.51. The third-order valence-electron chi connectivity index (χ3n) is 2.76. The molecule has 0 atom stereocenters. The molecule has 0 aliphatic carbocycles. The predicted molar refractivity (Wildman–Crippen MR) is 79.1 cm³/mol. The molecule has 0 aliphatic rings. The minimum Gasteiger partial charge on any atom is -0.495 e. The van der Waals surface area contributed by atoms with Gasteiger partial charge in [0, 0.05) is 11.6 Å². The van der Waals surface area contributed by atoms with E-state index in [0.717, 1.165) is 0 Å². The maximum Gasteiger partial charge on any atom is 0.292 e. The van der Waals surface area contributed by atoms with E-state index in [1.54, 1.807) is 12.1 Å². The van der Waals surface area contributed by atoms with Crippen molar-refractivity contribution in [2.24, 2.45) is 0 Å². The molecule has 2 aromatic rings. The Morgan fingerprint density at radius 1 is 1.29 bits per heavy atom. The summed E-state index contributed by atoms with van der Waals surface area (Å²) >= 11 is 5.95. The fourth-order valence-electron chi connectivity index (χ4n) is 1.74. The highest BCUT2D eigenvalue weighted by Gasteiger charge is 2.16. The van der Waals surface area contributed by atoms with Crippen molar-refractivity contribution in [1.29, 1.82) is 0 Å². The number of nitrogens with one attached hydrogen (secondary N) is 1. The zero-order valence-electron chi connectivity index (χ0n) is 11.0. The molecule has 0 aromatic heterocycles. The van der Waals surface area contributed by atoms with Gasteiger partial charge in [-0.2, -0.15) is 0 Å². The van der Waals surface area contributed by atoms with Crippen LogP contribution < -0.4 is 10.1 Å². The second-order valence-electron chi connectivity index (χ2n) is 4.08. The van der Waals surface area contributed by atoms with Gasteiger partial charge in [0.15, 0.2) is 0 Å². The summed E-state index contributed by atoms with van der Waals surface area (Å²) in [5, 5.41) is 13.7. The Labute approximate surface area is 125 Å². The van der Waals surface area contributed by atoms with Crippen LogP contribution in [0.4, 0.5) is 11.4 Å². The van der Waals surface area contributed by atoms with E-state index in [9.17, 15) is 14.9 Å². The largest absolute Gasteiger partial charge is 0.495 e. The van der Waals surface area contributed by atoms with Gasteiger partial charge in [0.05, 0.1) is 17.1 Å². The first-order valence-electron chi connectivity index (χ1n) is 5.91. The number of carbonyl (C=O) groups excluding carboxylic acids is 1. The Morgan fingerprint density at radius 3 is 2.62 bits per heavy atom. The summed E-state index contributed by atoms with van der Waals surface area (Å²) in [7, 11) is 1.47. The number of hydrogen-bond donors (Lipinski definition) is 1. The lowest BCUT2D eigenvalue weighted by molar-refractivity contribution is -0.383. The number of carbonyl (C=O) groups is 1. The molecule has 108 valence electrons. The number of ether oxygens (including phenoxy) is 1. The van der Waals surface area contributed by atoms with E-state index >= 15 is 0 Å². The van der Waals surface area contributed by atoms with Crippen LogP contribution in [0.2, 0.25) is 5.02 Å². The molecular weight excluding hydrogens is 296 g/mol. The molecule has 21 heavy (non-hydrogen) atoms. The molecule has 2 rings (SSSR count). The van der Waals surface area contributed by atoms with Gasteiger partial charge in [-0.05, 0) is 24.3 Å². The molecule has 2 aromatic carbocycles. The van der Waals surface area contributed by atoms with Crippen LogP contribution in [0.5, 0.6) is 5.75 Å². The van der Waals surface area contributed by atoms with Crippen LogP contribution >= 0.6 is 11.6 Å². The number of anilines is 1. The van der Waals surface area contributed by atoms with Crippen molar-refractivity contribution in [3.63, 3.8) is 0 Å². The Morgan fingerprint density at radius 2 is 2.00 bits per heavy atom. The number of benzene rings is 2. The summed E-state index contributed by atoms with van der Waals surface area (Å²) < 4.78 is 5.00. The molecule has 0 spiro atoms. The minimum absolute atomic E-state index is 0.124. The zero-order chi connectivity index (χ0) is 15.4. The lowest BCUT2D eigenvalue weighted by Gasteiger charge is -2.08. The minimum atomic E-state index is -0.559. The quantitative estimate of drug-likeness (QED) is 0.692. The number of para-hydroxylation sites is 2. The fourth-order valence-corrected chi connectivity index (χ4v) is 2.00. The molecule has 6 nitrogen and oxygen atoms in total. The highest BCUT2D eigenvalue weighted by atomic mass is 35.5. The summed E-state index contributed by atoms with van der Waals surface area (Å²) in [6, 6.07) is 10.4. The van der Waals surface area contributed by atoms with Gasteiger partial charge in [-0.15, -0.1) is 0 Å². The van der Waals surface area contributed by atoms with E-state index in [4.69, 9.17) is 16.3 Å². The molecule has 0 unspecified atom stereocenters. The van der Waals surface area contributed by atoms with Crippen molar-refractivity contribution in [1.82, 2.24) is 0 Å². The Hall–Kier alpha value is -2.60. The van der Waals surface area contributed by atoms with E-state index in [-0.39, 0.29) is 22.0 Å². The molecule has 0 bridgehead atoms. The fraction of sp³-hybridized carbons (Fsp3) is 0.0714. The van der Waals surface area contributed by atoms with Gasteiger partial charge in [0.1, 0.15) is 11.4 Å². The first-order valence-corrected chi connectivity index (χ1v) is 6.29. The monoisotopic (exact) mass is 306 g/mol. The standard InChI is InChI=1S/C14H11ClN2O4/c1-21-13-7-6-9(8-10(13)15)14(18)16-11-4-2-3-5-12(11)17(19)20/h2-8H,1H3,(H,16,18). The molecule has 0 saturated heterocycles. The summed E-state index contributed by atoms with van der Waals surface area (Å²) in [4.78, 5) is 22.4. The van der Waals surface area contributed by atoms with Gasteiger partial charge >= 0.3 is 0 Å².